The normalized spacial score (nSPS) is 0. The molecule has 8 heavy (non-hydrogen) atoms. The van der Waals surface area contributed by atoms with Crippen molar-refractivity contribution >= 4 is 25.8 Å². The van der Waals surface area contributed by atoms with Crippen molar-refractivity contribution in [2.75, 3.05) is 0 Å². The summed E-state index contributed by atoms with van der Waals surface area (Å²) in [5.41, 5.74) is 0. The first-order valence-corrected chi connectivity index (χ1v) is 0. The minimum absolute atomic E-state index is 0. The summed E-state index contributed by atoms with van der Waals surface area (Å²) >= 11 is 0. The van der Waals surface area contributed by atoms with Crippen molar-refractivity contribution in [1.29, 1.82) is 0 Å². The molecule has 0 aromatic carbocycles. The van der Waals surface area contributed by atoms with Gasteiger partial charge in [-0.2, -0.15) is 0 Å². The quantitative estimate of drug-likeness (QED) is 0.413. The van der Waals surface area contributed by atoms with E-state index in [1.807, 2.05) is 0 Å². The largest absolute Gasteiger partial charge is 3.00 e. The first-order chi connectivity index (χ1) is 0. The van der Waals surface area contributed by atoms with Crippen molar-refractivity contribution in [3.8, 4) is 0 Å². The Hall–Kier alpha value is 0.410. The van der Waals surface area contributed by atoms with E-state index in [0.29, 0.717) is 0 Å². The second-order valence-electron chi connectivity index (χ2n) is 0. The monoisotopic (exact) mass is 247 g/mol. The molecule has 8 heteroatoms. The molecule has 0 saturated heterocycles. The maximum absolute atomic E-state index is 0. The number of halogens is 6. The predicted octanol–water partition coefficient (Wildman–Crippen LogP) is -18.0. The van der Waals surface area contributed by atoms with Gasteiger partial charge in [0.25, 0.3) is 0 Å². The van der Waals surface area contributed by atoms with Crippen molar-refractivity contribution in [2.24, 2.45) is 0 Å². The molecule has 0 saturated carbocycles. The van der Waals surface area contributed by atoms with Crippen LogP contribution in [0.1, 0.15) is 0 Å². The molecule has 0 bridgehead atoms. The van der Waals surface area contributed by atoms with E-state index in [0.717, 1.165) is 0 Å². The van der Waals surface area contributed by atoms with Gasteiger partial charge in [0, 0.05) is 0 Å². The summed E-state index contributed by atoms with van der Waals surface area (Å²) in [5.74, 6) is 0. The molecule has 56 valence electrons. The van der Waals surface area contributed by atoms with Gasteiger partial charge in [0.15, 0.2) is 0 Å². The third kappa shape index (κ3) is 1120. The molecule has 0 aliphatic carbocycles. The van der Waals surface area contributed by atoms with Crippen molar-refractivity contribution in [1.82, 2.24) is 6.15 Å². The van der Waals surface area contributed by atoms with E-state index in [2.05, 4.69) is 0 Å². The standard InChI is InChI=1S/6FH.In.H3N/h6*1H;;1H3/q;;;;;;+3;/p-5. The van der Waals surface area contributed by atoms with Crippen LogP contribution in [0.25, 0.3) is 0 Å². The van der Waals surface area contributed by atoms with Gasteiger partial charge in [-0.15, -0.1) is 0 Å². The fourth-order valence-electron chi connectivity index (χ4n) is 0. The maximum atomic E-state index is 0. The summed E-state index contributed by atoms with van der Waals surface area (Å²) in [6, 6.07) is 0. The van der Waals surface area contributed by atoms with E-state index in [1.165, 1.54) is 0 Å². The molecule has 0 atom stereocenters. The first-order valence-electron chi connectivity index (χ1n) is 0. The van der Waals surface area contributed by atoms with Crippen LogP contribution >= 0.6 is 0 Å². The van der Waals surface area contributed by atoms with Crippen LogP contribution in [0, 0.1) is 0 Å². The van der Waals surface area contributed by atoms with Crippen LogP contribution in [0.2, 0.25) is 0 Å². The fourth-order valence-corrected chi connectivity index (χ4v) is 0. The summed E-state index contributed by atoms with van der Waals surface area (Å²) in [4.78, 5) is 0. The molecule has 4 N–H and O–H groups in total. The minimum Gasteiger partial charge on any atom is -1.00 e. The fraction of sp³-hybridized carbons (Fsp3) is 0. The third-order valence-electron chi connectivity index (χ3n) is 0. The predicted molar refractivity (Wildman–Crippen MR) is 11.7 cm³/mol. The minimum atomic E-state index is 0. The summed E-state index contributed by atoms with van der Waals surface area (Å²) in [6.45, 7) is 0. The summed E-state index contributed by atoms with van der Waals surface area (Å²) in [6.07, 6.45) is 0. The smallest absolute Gasteiger partial charge is 1.00 e. The molecule has 0 unspecified atom stereocenters. The SMILES string of the molecule is [F-].[F-].[F-].[F-].[F-].[F-].[In+3].[NH4+]. The van der Waals surface area contributed by atoms with Crippen LogP contribution in [0.4, 0.5) is 0 Å². The Morgan fingerprint density at radius 2 is 0.375 bits per heavy atom. The van der Waals surface area contributed by atoms with Gasteiger partial charge in [0.2, 0.25) is 0 Å². The van der Waals surface area contributed by atoms with Crippen LogP contribution in [-0.4, -0.2) is 25.8 Å². The molecule has 0 amide bonds. The van der Waals surface area contributed by atoms with Gasteiger partial charge in [0.1, 0.15) is 0 Å². The molecule has 1 nitrogen and oxygen atoms in total. The van der Waals surface area contributed by atoms with E-state index in [1.54, 1.807) is 0 Å². The van der Waals surface area contributed by atoms with Crippen LogP contribution in [0.5, 0.6) is 0 Å². The van der Waals surface area contributed by atoms with E-state index >= 15 is 0 Å². The maximum Gasteiger partial charge on any atom is 3.00 e. The van der Waals surface area contributed by atoms with Gasteiger partial charge in [-0.25, -0.2) is 0 Å². The average Bonchev–Trinajstić information content (AvgIpc) is 0. The second-order valence-corrected chi connectivity index (χ2v) is 0. The summed E-state index contributed by atoms with van der Waals surface area (Å²) in [5, 5.41) is 0. The molecule has 0 aliphatic rings. The molecule has 0 rings (SSSR count). The van der Waals surface area contributed by atoms with Gasteiger partial charge in [-0.3, -0.25) is 0 Å². The van der Waals surface area contributed by atoms with Crippen LogP contribution in [0.15, 0.2) is 0 Å². The van der Waals surface area contributed by atoms with Crippen LogP contribution in [-0.2, 0) is 0 Å². The molecular formula is H4F6InN-2. The zero-order valence-electron chi connectivity index (χ0n) is 3.85. The second kappa shape index (κ2) is 1810. The number of rotatable bonds is 0. The molecule has 0 aliphatic heterocycles. The van der Waals surface area contributed by atoms with Crippen LogP contribution < -0.4 is 34.4 Å². The zero-order valence-corrected chi connectivity index (χ0v) is 7.14. The zero-order chi connectivity index (χ0) is 0. The Morgan fingerprint density at radius 1 is 0.375 bits per heavy atom. The van der Waals surface area contributed by atoms with Gasteiger partial charge < -0.3 is 34.4 Å². The van der Waals surface area contributed by atoms with Gasteiger partial charge in [-0.1, -0.05) is 0 Å². The number of hydrogen-bond donors (Lipinski definition) is 1. The van der Waals surface area contributed by atoms with E-state index < -0.39 is 0 Å². The average molecular weight is 247 g/mol. The summed E-state index contributed by atoms with van der Waals surface area (Å²) < 4.78 is 0. The first kappa shape index (κ1) is 2750. The summed E-state index contributed by atoms with van der Waals surface area (Å²) in [7, 11) is 0. The van der Waals surface area contributed by atoms with E-state index in [9.17, 15) is 0 Å². The number of quaternary nitrogens is 1. The van der Waals surface area contributed by atoms with Gasteiger partial charge in [-0.05, 0) is 0 Å². The van der Waals surface area contributed by atoms with E-state index in [4.69, 9.17) is 0 Å². The van der Waals surface area contributed by atoms with Crippen LogP contribution in [0.3, 0.4) is 0 Å². The van der Waals surface area contributed by atoms with Crippen molar-refractivity contribution in [2.45, 2.75) is 0 Å². The van der Waals surface area contributed by atoms with E-state index in [-0.39, 0.29) is 60.2 Å². The Labute approximate surface area is 60.8 Å². The van der Waals surface area contributed by atoms with Crippen molar-refractivity contribution < 1.29 is 28.2 Å². The molecule has 0 spiro atoms. The molecular weight excluding hydrogens is 243 g/mol. The third-order valence-corrected chi connectivity index (χ3v) is 0. The Morgan fingerprint density at radius 3 is 0.375 bits per heavy atom. The molecule has 0 heterocycles. The molecule has 0 aromatic heterocycles. The van der Waals surface area contributed by atoms with Crippen molar-refractivity contribution in [3.05, 3.63) is 0 Å². The molecule has 0 radical (unpaired) electrons. The van der Waals surface area contributed by atoms with Crippen molar-refractivity contribution in [3.63, 3.8) is 0 Å². The molecule has 0 aromatic rings. The Balaban J connectivity index is 0. The van der Waals surface area contributed by atoms with Gasteiger partial charge in [0.05, 0.1) is 0 Å². The van der Waals surface area contributed by atoms with Gasteiger partial charge >= 0.3 is 25.8 Å². The topological polar surface area (TPSA) is 36.5 Å². The Bertz CT molecular complexity index is 8.49. The molecule has 0 fully saturated rings. The Kier molecular flexibility index (Phi) is 621000. The number of hydrogen-bond acceptors (Lipinski definition) is 0.